The number of ether oxygens (including phenoxy) is 1. The van der Waals surface area contributed by atoms with Gasteiger partial charge >= 0.3 is 5.97 Å². The third-order valence-corrected chi connectivity index (χ3v) is 5.79. The smallest absolute Gasteiger partial charge is 0.339 e. The van der Waals surface area contributed by atoms with Gasteiger partial charge in [0.1, 0.15) is 17.3 Å². The van der Waals surface area contributed by atoms with Crippen LogP contribution >= 0.6 is 46.1 Å². The Hall–Kier alpha value is -1.86. The Morgan fingerprint density at radius 1 is 1.11 bits per heavy atom. The van der Waals surface area contributed by atoms with E-state index in [1.54, 1.807) is 6.07 Å². The molecule has 3 aromatic rings. The molecule has 0 aliphatic heterocycles. The summed E-state index contributed by atoms with van der Waals surface area (Å²) in [4.78, 5) is 24.5. The summed E-state index contributed by atoms with van der Waals surface area (Å²) < 4.78 is 18.9. The van der Waals surface area contributed by atoms with Crippen LogP contribution in [0, 0.1) is 5.82 Å². The summed E-state index contributed by atoms with van der Waals surface area (Å²) >= 11 is 19.0. The molecule has 27 heavy (non-hydrogen) atoms. The minimum absolute atomic E-state index is 0.0649. The normalized spacial score (nSPS) is 10.8. The summed E-state index contributed by atoms with van der Waals surface area (Å²) in [6.07, 6.45) is 0. The second-order valence-electron chi connectivity index (χ2n) is 5.40. The van der Waals surface area contributed by atoms with Crippen molar-refractivity contribution in [2.24, 2.45) is 0 Å². The fraction of sp³-hybridized carbons (Fsp3) is 0.111. The number of carbonyl (C=O) groups excluding carboxylic acids is 2. The number of thiophene rings is 1. The van der Waals surface area contributed by atoms with Gasteiger partial charge < -0.3 is 10.1 Å². The summed E-state index contributed by atoms with van der Waals surface area (Å²) in [5.74, 6) is -1.48. The first-order valence-corrected chi connectivity index (χ1v) is 9.60. The quantitative estimate of drug-likeness (QED) is 0.411. The molecule has 1 N–H and O–H groups in total. The summed E-state index contributed by atoms with van der Waals surface area (Å²) in [6.45, 7) is 0.00620. The molecule has 0 unspecified atom stereocenters. The monoisotopic (exact) mass is 445 g/mol. The van der Waals surface area contributed by atoms with Crippen LogP contribution in [0.4, 0.5) is 4.39 Å². The highest BCUT2D eigenvalue weighted by atomic mass is 35.5. The van der Waals surface area contributed by atoms with E-state index in [2.05, 4.69) is 5.32 Å². The van der Waals surface area contributed by atoms with Gasteiger partial charge in [0.2, 0.25) is 0 Å². The zero-order valence-electron chi connectivity index (χ0n) is 13.5. The van der Waals surface area contributed by atoms with E-state index in [-0.39, 0.29) is 33.6 Å². The first-order chi connectivity index (χ1) is 12.9. The number of nitrogens with one attached hydrogen (secondary N) is 1. The third-order valence-electron chi connectivity index (χ3n) is 3.57. The van der Waals surface area contributed by atoms with Crippen LogP contribution in [0.2, 0.25) is 15.1 Å². The topological polar surface area (TPSA) is 55.4 Å². The van der Waals surface area contributed by atoms with Crippen molar-refractivity contribution in [3.8, 4) is 0 Å². The van der Waals surface area contributed by atoms with Crippen molar-refractivity contribution in [2.45, 2.75) is 0 Å². The highest BCUT2D eigenvalue weighted by Gasteiger charge is 2.18. The lowest BCUT2D eigenvalue weighted by Gasteiger charge is -2.07. The Morgan fingerprint density at radius 2 is 1.89 bits per heavy atom. The summed E-state index contributed by atoms with van der Waals surface area (Å²) in [6, 6.07) is 8.58. The number of halogens is 4. The molecule has 0 spiro atoms. The molecule has 0 saturated heterocycles. The molecule has 3 rings (SSSR count). The van der Waals surface area contributed by atoms with Gasteiger partial charge in [-0.15, -0.1) is 11.3 Å². The molecule has 2 aromatic carbocycles. The van der Waals surface area contributed by atoms with Gasteiger partial charge in [-0.25, -0.2) is 9.18 Å². The van der Waals surface area contributed by atoms with Crippen molar-refractivity contribution in [2.75, 3.05) is 13.2 Å². The first kappa shape index (κ1) is 19.9. The molecule has 0 bridgehead atoms. The summed E-state index contributed by atoms with van der Waals surface area (Å²) in [7, 11) is 0. The van der Waals surface area contributed by atoms with Gasteiger partial charge in [-0.1, -0.05) is 34.8 Å². The van der Waals surface area contributed by atoms with E-state index in [9.17, 15) is 14.0 Å². The van der Waals surface area contributed by atoms with Crippen molar-refractivity contribution < 1.29 is 18.7 Å². The molecule has 0 saturated carbocycles. The number of esters is 1. The number of fused-ring (bicyclic) bond motifs is 1. The van der Waals surface area contributed by atoms with Gasteiger partial charge in [-0.05, 0) is 36.4 Å². The second kappa shape index (κ2) is 8.44. The number of carbonyl (C=O) groups is 2. The first-order valence-electron chi connectivity index (χ1n) is 7.64. The molecule has 0 aliphatic rings. The molecule has 1 heterocycles. The van der Waals surface area contributed by atoms with Crippen molar-refractivity contribution in [1.29, 1.82) is 0 Å². The van der Waals surface area contributed by atoms with E-state index in [4.69, 9.17) is 39.5 Å². The number of hydrogen-bond donors (Lipinski definition) is 1. The van der Waals surface area contributed by atoms with Gasteiger partial charge in [0.05, 0.1) is 22.2 Å². The molecule has 1 amide bonds. The summed E-state index contributed by atoms with van der Waals surface area (Å²) in [5.41, 5.74) is 0.144. The van der Waals surface area contributed by atoms with E-state index >= 15 is 0 Å². The van der Waals surface area contributed by atoms with E-state index < -0.39 is 17.7 Å². The van der Waals surface area contributed by atoms with Crippen molar-refractivity contribution in [3.05, 3.63) is 67.7 Å². The Balaban J connectivity index is 1.58. The zero-order valence-corrected chi connectivity index (χ0v) is 16.6. The van der Waals surface area contributed by atoms with E-state index in [0.717, 1.165) is 11.3 Å². The molecule has 4 nitrogen and oxygen atoms in total. The van der Waals surface area contributed by atoms with Crippen LogP contribution in [-0.4, -0.2) is 25.0 Å². The predicted molar refractivity (Wildman–Crippen MR) is 106 cm³/mol. The number of hydrogen-bond acceptors (Lipinski definition) is 4. The minimum Gasteiger partial charge on any atom is -0.460 e. The maximum atomic E-state index is 13.3. The molecular formula is C18H11Cl3FNO3S. The van der Waals surface area contributed by atoms with Gasteiger partial charge in [0, 0.05) is 15.1 Å². The van der Waals surface area contributed by atoms with Crippen molar-refractivity contribution >= 4 is 68.1 Å². The number of benzene rings is 2. The standard InChI is InChI=1S/C18H11Cl3FNO3S/c19-9-1-4-13(20)12(7-9)18(25)26-6-5-23-17(24)16-15(21)11-3-2-10(22)8-14(11)27-16/h1-4,7-8H,5-6H2,(H,23,24). The molecule has 9 heteroatoms. The largest absolute Gasteiger partial charge is 0.460 e. The molecule has 1 aromatic heterocycles. The average molecular weight is 447 g/mol. The van der Waals surface area contributed by atoms with Gasteiger partial charge in [-0.2, -0.15) is 0 Å². The lowest BCUT2D eigenvalue weighted by atomic mass is 10.2. The van der Waals surface area contributed by atoms with Crippen LogP contribution in [0.15, 0.2) is 36.4 Å². The van der Waals surface area contributed by atoms with E-state index in [1.165, 1.54) is 30.3 Å². The maximum absolute atomic E-state index is 13.3. The second-order valence-corrected chi connectivity index (χ2v) is 7.68. The Morgan fingerprint density at radius 3 is 2.67 bits per heavy atom. The molecule has 0 fully saturated rings. The Labute approximate surface area is 172 Å². The van der Waals surface area contributed by atoms with E-state index in [1.807, 2.05) is 0 Å². The van der Waals surface area contributed by atoms with Crippen LogP contribution in [0.1, 0.15) is 20.0 Å². The predicted octanol–water partition coefficient (Wildman–Crippen LogP) is 5.59. The van der Waals surface area contributed by atoms with Gasteiger partial charge in [0.25, 0.3) is 5.91 Å². The maximum Gasteiger partial charge on any atom is 0.339 e. The fourth-order valence-corrected chi connectivity index (χ4v) is 4.13. The minimum atomic E-state index is -0.646. The molecular weight excluding hydrogens is 436 g/mol. The lowest BCUT2D eigenvalue weighted by molar-refractivity contribution is 0.0503. The van der Waals surface area contributed by atoms with Crippen LogP contribution in [0.5, 0.6) is 0 Å². The third kappa shape index (κ3) is 4.52. The Kier molecular flexibility index (Phi) is 6.22. The number of rotatable bonds is 5. The zero-order chi connectivity index (χ0) is 19.6. The Bertz CT molecular complexity index is 1040. The van der Waals surface area contributed by atoms with Crippen LogP contribution in [0.3, 0.4) is 0 Å². The van der Waals surface area contributed by atoms with Crippen LogP contribution in [0.25, 0.3) is 10.1 Å². The number of amides is 1. The lowest BCUT2D eigenvalue weighted by Crippen LogP contribution is -2.27. The average Bonchev–Trinajstić information content (AvgIpc) is 2.96. The molecule has 140 valence electrons. The van der Waals surface area contributed by atoms with Crippen LogP contribution in [-0.2, 0) is 4.74 Å². The van der Waals surface area contributed by atoms with Crippen molar-refractivity contribution in [1.82, 2.24) is 5.32 Å². The van der Waals surface area contributed by atoms with Crippen molar-refractivity contribution in [3.63, 3.8) is 0 Å². The molecule has 0 radical (unpaired) electrons. The highest BCUT2D eigenvalue weighted by molar-refractivity contribution is 7.21. The molecule has 0 aliphatic carbocycles. The van der Waals surface area contributed by atoms with E-state index in [0.29, 0.717) is 15.1 Å². The molecule has 0 atom stereocenters. The SMILES string of the molecule is O=C(OCCNC(=O)c1sc2cc(F)ccc2c1Cl)c1cc(Cl)ccc1Cl. The summed E-state index contributed by atoms with van der Waals surface area (Å²) in [5, 5.41) is 4.05. The fourth-order valence-electron chi connectivity index (χ4n) is 2.31. The highest BCUT2D eigenvalue weighted by Crippen LogP contribution is 2.35. The van der Waals surface area contributed by atoms with Crippen LogP contribution < -0.4 is 5.32 Å². The van der Waals surface area contributed by atoms with Gasteiger partial charge in [0.15, 0.2) is 0 Å². The van der Waals surface area contributed by atoms with Gasteiger partial charge in [-0.3, -0.25) is 4.79 Å².